The maximum atomic E-state index is 10.8. The molecule has 176 valence electrons. The van der Waals surface area contributed by atoms with Crippen molar-refractivity contribution in [2.75, 3.05) is 25.0 Å². The van der Waals surface area contributed by atoms with Gasteiger partial charge in [-0.25, -0.2) is 0 Å². The van der Waals surface area contributed by atoms with E-state index in [-0.39, 0.29) is 19.6 Å². The van der Waals surface area contributed by atoms with Crippen LogP contribution in [0.1, 0.15) is 35.2 Å². The SMILES string of the molecule is CC1(c2ccccc2N(CO)C(c2ccccc2)c2ccccc2)COc2cc3c(cc21)OCO3. The van der Waals surface area contributed by atoms with E-state index in [0.717, 1.165) is 39.4 Å². The molecule has 35 heavy (non-hydrogen) atoms. The van der Waals surface area contributed by atoms with Crippen LogP contribution in [0.15, 0.2) is 97.1 Å². The summed E-state index contributed by atoms with van der Waals surface area (Å²) >= 11 is 0. The lowest BCUT2D eigenvalue weighted by Gasteiger charge is -2.37. The summed E-state index contributed by atoms with van der Waals surface area (Å²) < 4.78 is 17.4. The van der Waals surface area contributed by atoms with Crippen LogP contribution < -0.4 is 19.1 Å². The van der Waals surface area contributed by atoms with E-state index in [1.165, 1.54) is 0 Å². The lowest BCUT2D eigenvalue weighted by molar-refractivity contribution is 0.173. The topological polar surface area (TPSA) is 51.2 Å². The van der Waals surface area contributed by atoms with Crippen molar-refractivity contribution in [3.8, 4) is 17.2 Å². The fraction of sp³-hybridized carbons (Fsp3) is 0.200. The normalized spacial score (nSPS) is 17.8. The predicted octanol–water partition coefficient (Wildman–Crippen LogP) is 5.66. The average Bonchev–Trinajstić information content (AvgIpc) is 3.51. The molecule has 0 amide bonds. The molecule has 0 aliphatic carbocycles. The fourth-order valence-electron chi connectivity index (χ4n) is 5.31. The number of hydrogen-bond donors (Lipinski definition) is 1. The van der Waals surface area contributed by atoms with Crippen LogP contribution >= 0.6 is 0 Å². The summed E-state index contributed by atoms with van der Waals surface area (Å²) in [5.41, 5.74) is 4.90. The van der Waals surface area contributed by atoms with Crippen molar-refractivity contribution in [2.45, 2.75) is 18.4 Å². The molecule has 0 spiro atoms. The molecule has 6 rings (SSSR count). The quantitative estimate of drug-likeness (QED) is 0.373. The second-order valence-corrected chi connectivity index (χ2v) is 9.17. The Hall–Kier alpha value is -3.96. The van der Waals surface area contributed by atoms with Gasteiger partial charge in [0.1, 0.15) is 19.1 Å². The Kier molecular flexibility index (Phi) is 5.34. The number of aliphatic hydroxyl groups is 1. The van der Waals surface area contributed by atoms with Gasteiger partial charge in [-0.05, 0) is 35.7 Å². The molecule has 0 saturated carbocycles. The summed E-state index contributed by atoms with van der Waals surface area (Å²) in [6.07, 6.45) is 0. The molecular formula is C30H27NO4. The Bertz CT molecular complexity index is 1300. The molecule has 2 heterocycles. The van der Waals surface area contributed by atoms with Crippen LogP contribution in [-0.2, 0) is 5.41 Å². The highest BCUT2D eigenvalue weighted by Crippen LogP contribution is 2.51. The largest absolute Gasteiger partial charge is 0.492 e. The number of anilines is 1. The van der Waals surface area contributed by atoms with E-state index in [9.17, 15) is 5.11 Å². The second-order valence-electron chi connectivity index (χ2n) is 9.17. The summed E-state index contributed by atoms with van der Waals surface area (Å²) in [6, 6.07) is 32.7. The summed E-state index contributed by atoms with van der Waals surface area (Å²) in [5, 5.41) is 10.8. The first-order valence-corrected chi connectivity index (χ1v) is 11.8. The molecule has 0 fully saturated rings. The minimum absolute atomic E-state index is 0.142. The molecule has 2 aliphatic heterocycles. The Morgan fingerprint density at radius 3 is 2.00 bits per heavy atom. The number of hydrogen-bond acceptors (Lipinski definition) is 5. The highest BCUT2D eigenvalue weighted by molar-refractivity contribution is 5.66. The number of aliphatic hydroxyl groups excluding tert-OH is 1. The van der Waals surface area contributed by atoms with Gasteiger partial charge in [-0.15, -0.1) is 0 Å². The van der Waals surface area contributed by atoms with Gasteiger partial charge >= 0.3 is 0 Å². The van der Waals surface area contributed by atoms with Gasteiger partial charge in [-0.3, -0.25) is 0 Å². The number of para-hydroxylation sites is 1. The maximum absolute atomic E-state index is 10.8. The molecule has 0 saturated heterocycles. The highest BCUT2D eigenvalue weighted by atomic mass is 16.7. The van der Waals surface area contributed by atoms with E-state index >= 15 is 0 Å². The lowest BCUT2D eigenvalue weighted by atomic mass is 9.76. The van der Waals surface area contributed by atoms with Gasteiger partial charge in [0.2, 0.25) is 6.79 Å². The number of ether oxygens (including phenoxy) is 3. The summed E-state index contributed by atoms with van der Waals surface area (Å²) in [7, 11) is 0. The summed E-state index contributed by atoms with van der Waals surface area (Å²) in [4.78, 5) is 2.07. The zero-order valence-electron chi connectivity index (χ0n) is 19.6. The third-order valence-corrected chi connectivity index (χ3v) is 7.09. The van der Waals surface area contributed by atoms with Gasteiger partial charge in [0.25, 0.3) is 0 Å². The van der Waals surface area contributed by atoms with Crippen molar-refractivity contribution in [2.24, 2.45) is 0 Å². The van der Waals surface area contributed by atoms with Crippen LogP contribution in [0.25, 0.3) is 0 Å². The summed E-state index contributed by atoms with van der Waals surface area (Å²) in [5.74, 6) is 2.26. The van der Waals surface area contributed by atoms with Gasteiger partial charge in [-0.2, -0.15) is 0 Å². The monoisotopic (exact) mass is 465 g/mol. The van der Waals surface area contributed by atoms with Gasteiger partial charge in [0, 0.05) is 17.3 Å². The van der Waals surface area contributed by atoms with Gasteiger partial charge in [0.15, 0.2) is 11.5 Å². The Balaban J connectivity index is 1.50. The molecule has 4 aromatic carbocycles. The second kappa shape index (κ2) is 8.67. The van der Waals surface area contributed by atoms with E-state index in [1.54, 1.807) is 0 Å². The molecule has 0 radical (unpaired) electrons. The molecule has 0 bridgehead atoms. The van der Waals surface area contributed by atoms with Gasteiger partial charge in [-0.1, -0.05) is 78.9 Å². The van der Waals surface area contributed by atoms with E-state index < -0.39 is 5.41 Å². The van der Waals surface area contributed by atoms with Crippen LogP contribution in [0.4, 0.5) is 5.69 Å². The Morgan fingerprint density at radius 1 is 0.743 bits per heavy atom. The summed E-state index contributed by atoms with van der Waals surface area (Å²) in [6.45, 7) is 2.76. The van der Waals surface area contributed by atoms with Crippen molar-refractivity contribution in [1.82, 2.24) is 0 Å². The molecule has 4 aromatic rings. The fourth-order valence-corrected chi connectivity index (χ4v) is 5.31. The molecule has 1 atom stereocenters. The third-order valence-electron chi connectivity index (χ3n) is 7.09. The molecular weight excluding hydrogens is 438 g/mol. The maximum Gasteiger partial charge on any atom is 0.231 e. The van der Waals surface area contributed by atoms with Gasteiger partial charge in [0.05, 0.1) is 11.5 Å². The molecule has 1 unspecified atom stereocenters. The van der Waals surface area contributed by atoms with Crippen LogP contribution in [0.3, 0.4) is 0 Å². The first kappa shape index (κ1) is 21.6. The van der Waals surface area contributed by atoms with Crippen molar-refractivity contribution < 1.29 is 19.3 Å². The van der Waals surface area contributed by atoms with Crippen molar-refractivity contribution in [3.63, 3.8) is 0 Å². The van der Waals surface area contributed by atoms with Crippen LogP contribution in [0.5, 0.6) is 17.2 Å². The first-order chi connectivity index (χ1) is 17.2. The zero-order valence-corrected chi connectivity index (χ0v) is 19.6. The van der Waals surface area contributed by atoms with Crippen molar-refractivity contribution >= 4 is 5.69 Å². The first-order valence-electron chi connectivity index (χ1n) is 11.8. The number of fused-ring (bicyclic) bond motifs is 2. The van der Waals surface area contributed by atoms with E-state index in [2.05, 4.69) is 48.2 Å². The average molecular weight is 466 g/mol. The molecule has 1 N–H and O–H groups in total. The minimum atomic E-state index is -0.432. The smallest absolute Gasteiger partial charge is 0.231 e. The van der Waals surface area contributed by atoms with E-state index in [1.807, 2.05) is 60.7 Å². The van der Waals surface area contributed by atoms with Crippen LogP contribution in [0.2, 0.25) is 0 Å². The highest BCUT2D eigenvalue weighted by Gasteiger charge is 2.42. The standard InChI is InChI=1S/C30H27NO4/c1-30(18-33-26-17-28-27(16-24(26)30)34-20-35-28)23-14-8-9-15-25(23)31(19-32)29(21-10-4-2-5-11-21)22-12-6-3-7-13-22/h2-17,29,32H,18-20H2,1H3. The van der Waals surface area contributed by atoms with Crippen LogP contribution in [-0.4, -0.2) is 25.2 Å². The Labute approximate surface area is 205 Å². The molecule has 0 aromatic heterocycles. The third kappa shape index (κ3) is 3.60. The van der Waals surface area contributed by atoms with Crippen LogP contribution in [0, 0.1) is 0 Å². The number of nitrogens with zero attached hydrogens (tertiary/aromatic N) is 1. The minimum Gasteiger partial charge on any atom is -0.492 e. The molecule has 5 nitrogen and oxygen atoms in total. The van der Waals surface area contributed by atoms with E-state index in [4.69, 9.17) is 14.2 Å². The predicted molar refractivity (Wildman–Crippen MR) is 135 cm³/mol. The van der Waals surface area contributed by atoms with Gasteiger partial charge < -0.3 is 24.2 Å². The zero-order chi connectivity index (χ0) is 23.8. The molecule has 5 heteroatoms. The van der Waals surface area contributed by atoms with Crippen molar-refractivity contribution in [3.05, 3.63) is 119 Å². The Morgan fingerprint density at radius 2 is 1.34 bits per heavy atom. The lowest BCUT2D eigenvalue weighted by Crippen LogP contribution is -2.35. The molecule has 2 aliphatic rings. The number of benzene rings is 4. The van der Waals surface area contributed by atoms with E-state index in [0.29, 0.717) is 12.4 Å². The number of rotatable bonds is 6. The van der Waals surface area contributed by atoms with Crippen molar-refractivity contribution in [1.29, 1.82) is 0 Å².